The van der Waals surface area contributed by atoms with Crippen LogP contribution in [0.4, 0.5) is 17.6 Å². The van der Waals surface area contributed by atoms with Crippen LogP contribution in [0.5, 0.6) is 5.75 Å². The molecule has 16 heavy (non-hydrogen) atoms. The number of halogens is 5. The standard InChI is InChI=1S/C6H2ClF4O4P/c7-1-2(8)4(10)6(5(11)3(1)9)15-16(12,13)14/h(H2,12,13,14). The summed E-state index contributed by atoms with van der Waals surface area (Å²) in [7, 11) is -5.35. The van der Waals surface area contributed by atoms with E-state index in [-0.39, 0.29) is 0 Å². The largest absolute Gasteiger partial charge is 0.525 e. The summed E-state index contributed by atoms with van der Waals surface area (Å²) < 4.78 is 65.1. The van der Waals surface area contributed by atoms with E-state index in [1.54, 1.807) is 0 Å². The highest BCUT2D eigenvalue weighted by Crippen LogP contribution is 2.42. The van der Waals surface area contributed by atoms with Gasteiger partial charge in [-0.2, -0.15) is 8.78 Å². The predicted molar refractivity (Wildman–Crippen MR) is 44.0 cm³/mol. The zero-order chi connectivity index (χ0) is 12.7. The first-order chi connectivity index (χ1) is 7.15. The molecule has 0 saturated carbocycles. The Labute approximate surface area is 90.6 Å². The van der Waals surface area contributed by atoms with Crippen molar-refractivity contribution in [1.82, 2.24) is 0 Å². The molecule has 0 aliphatic rings. The maximum atomic E-state index is 12.9. The van der Waals surface area contributed by atoms with Crippen molar-refractivity contribution < 1.29 is 36.4 Å². The molecule has 0 saturated heterocycles. The van der Waals surface area contributed by atoms with Gasteiger partial charge in [0.1, 0.15) is 5.02 Å². The lowest BCUT2D eigenvalue weighted by molar-refractivity contribution is 0.267. The van der Waals surface area contributed by atoms with Gasteiger partial charge in [0.25, 0.3) is 0 Å². The number of rotatable bonds is 2. The molecule has 90 valence electrons. The van der Waals surface area contributed by atoms with E-state index in [0.717, 1.165) is 0 Å². The summed E-state index contributed by atoms with van der Waals surface area (Å²) in [6.07, 6.45) is 0. The average molecular weight is 280 g/mol. The number of phosphoric acid groups is 1. The summed E-state index contributed by atoms with van der Waals surface area (Å²) in [6.45, 7) is 0. The highest BCUT2D eigenvalue weighted by atomic mass is 35.5. The highest BCUT2D eigenvalue weighted by Gasteiger charge is 2.30. The Morgan fingerprint density at radius 1 is 1.00 bits per heavy atom. The highest BCUT2D eigenvalue weighted by molar-refractivity contribution is 7.46. The van der Waals surface area contributed by atoms with E-state index < -0.39 is 41.9 Å². The normalized spacial score (nSPS) is 11.7. The quantitative estimate of drug-likeness (QED) is 0.378. The lowest BCUT2D eigenvalue weighted by Gasteiger charge is -2.10. The molecule has 0 aliphatic carbocycles. The van der Waals surface area contributed by atoms with Gasteiger partial charge in [0, 0.05) is 0 Å². The van der Waals surface area contributed by atoms with E-state index in [1.165, 1.54) is 0 Å². The fourth-order valence-corrected chi connectivity index (χ4v) is 1.35. The third kappa shape index (κ3) is 2.46. The Morgan fingerprint density at radius 2 is 1.38 bits per heavy atom. The smallest absolute Gasteiger partial charge is 0.398 e. The summed E-state index contributed by atoms with van der Waals surface area (Å²) in [5, 5.41) is -1.48. The van der Waals surface area contributed by atoms with Gasteiger partial charge in [0.05, 0.1) is 0 Å². The van der Waals surface area contributed by atoms with Crippen molar-refractivity contribution in [3.8, 4) is 5.75 Å². The van der Waals surface area contributed by atoms with Gasteiger partial charge in [-0.25, -0.2) is 13.3 Å². The number of benzene rings is 1. The second-order valence-corrected chi connectivity index (χ2v) is 4.02. The summed E-state index contributed by atoms with van der Waals surface area (Å²) in [5.41, 5.74) is 0. The van der Waals surface area contributed by atoms with Gasteiger partial charge in [-0.05, 0) is 0 Å². The Balaban J connectivity index is 3.46. The molecule has 4 nitrogen and oxygen atoms in total. The van der Waals surface area contributed by atoms with Crippen molar-refractivity contribution in [2.24, 2.45) is 0 Å². The summed E-state index contributed by atoms with van der Waals surface area (Å²) >= 11 is 4.85. The van der Waals surface area contributed by atoms with Crippen LogP contribution in [0.3, 0.4) is 0 Å². The molecule has 0 amide bonds. The zero-order valence-electron chi connectivity index (χ0n) is 7.05. The minimum atomic E-state index is -5.35. The lowest BCUT2D eigenvalue weighted by Crippen LogP contribution is -2.03. The summed E-state index contributed by atoms with van der Waals surface area (Å²) in [5.74, 6) is -10.2. The maximum Gasteiger partial charge on any atom is 0.525 e. The number of hydrogen-bond donors (Lipinski definition) is 2. The van der Waals surface area contributed by atoms with E-state index in [0.29, 0.717) is 0 Å². The van der Waals surface area contributed by atoms with E-state index >= 15 is 0 Å². The molecule has 2 N–H and O–H groups in total. The van der Waals surface area contributed by atoms with E-state index in [4.69, 9.17) is 21.4 Å². The molecule has 1 rings (SSSR count). The van der Waals surface area contributed by atoms with Crippen LogP contribution in [0.2, 0.25) is 5.02 Å². The van der Waals surface area contributed by atoms with Gasteiger partial charge < -0.3 is 4.52 Å². The number of hydrogen-bond acceptors (Lipinski definition) is 2. The first kappa shape index (κ1) is 13.2. The molecule has 0 spiro atoms. The molecule has 0 bridgehead atoms. The Hall–Kier alpha value is -0.820. The topological polar surface area (TPSA) is 66.8 Å². The van der Waals surface area contributed by atoms with Crippen molar-refractivity contribution >= 4 is 19.4 Å². The van der Waals surface area contributed by atoms with Crippen molar-refractivity contribution in [3.63, 3.8) is 0 Å². The predicted octanol–water partition coefficient (Wildman–Crippen LogP) is 2.37. The molecule has 1 aromatic rings. The van der Waals surface area contributed by atoms with E-state index in [1.807, 2.05) is 0 Å². The van der Waals surface area contributed by atoms with Crippen molar-refractivity contribution in [2.45, 2.75) is 0 Å². The van der Waals surface area contributed by atoms with Crippen LogP contribution in [0.25, 0.3) is 0 Å². The van der Waals surface area contributed by atoms with E-state index in [9.17, 15) is 22.1 Å². The molecule has 0 unspecified atom stereocenters. The fourth-order valence-electron chi connectivity index (χ4n) is 0.784. The van der Waals surface area contributed by atoms with Crippen LogP contribution in [-0.4, -0.2) is 9.79 Å². The first-order valence-corrected chi connectivity index (χ1v) is 5.32. The molecule has 0 fully saturated rings. The minimum Gasteiger partial charge on any atom is -0.398 e. The van der Waals surface area contributed by atoms with Gasteiger partial charge in [-0.3, -0.25) is 9.79 Å². The second-order valence-electron chi connectivity index (χ2n) is 2.48. The molecular weight excluding hydrogens is 278 g/mol. The van der Waals surface area contributed by atoms with Crippen LogP contribution >= 0.6 is 19.4 Å². The first-order valence-electron chi connectivity index (χ1n) is 3.41. The van der Waals surface area contributed by atoms with E-state index in [2.05, 4.69) is 4.52 Å². The van der Waals surface area contributed by atoms with Crippen molar-refractivity contribution in [2.75, 3.05) is 0 Å². The number of phosphoric ester groups is 1. The molecule has 0 heterocycles. The molecule has 1 aromatic carbocycles. The molecule has 0 atom stereocenters. The molecule has 0 radical (unpaired) electrons. The Morgan fingerprint density at radius 3 is 1.69 bits per heavy atom. The average Bonchev–Trinajstić information content (AvgIpc) is 2.17. The van der Waals surface area contributed by atoms with Crippen LogP contribution in [0.15, 0.2) is 0 Å². The fraction of sp³-hybridized carbons (Fsp3) is 0. The van der Waals surface area contributed by atoms with Gasteiger partial charge in [0.2, 0.25) is 17.4 Å². The molecule has 0 aliphatic heterocycles. The third-order valence-electron chi connectivity index (χ3n) is 1.38. The minimum absolute atomic E-state index is 1.48. The summed E-state index contributed by atoms with van der Waals surface area (Å²) in [4.78, 5) is 16.5. The van der Waals surface area contributed by atoms with Crippen LogP contribution in [-0.2, 0) is 4.57 Å². The Kier molecular flexibility index (Phi) is 3.49. The maximum absolute atomic E-state index is 12.9. The van der Waals surface area contributed by atoms with Crippen LogP contribution < -0.4 is 4.52 Å². The third-order valence-corrected chi connectivity index (χ3v) is 2.13. The second kappa shape index (κ2) is 4.21. The van der Waals surface area contributed by atoms with Gasteiger partial charge in [-0.15, -0.1) is 0 Å². The summed E-state index contributed by atoms with van der Waals surface area (Å²) in [6, 6.07) is 0. The van der Waals surface area contributed by atoms with Crippen molar-refractivity contribution in [3.05, 3.63) is 28.3 Å². The van der Waals surface area contributed by atoms with Crippen molar-refractivity contribution in [1.29, 1.82) is 0 Å². The van der Waals surface area contributed by atoms with Gasteiger partial charge in [0.15, 0.2) is 11.6 Å². The zero-order valence-corrected chi connectivity index (χ0v) is 8.70. The van der Waals surface area contributed by atoms with Gasteiger partial charge in [-0.1, -0.05) is 11.6 Å². The van der Waals surface area contributed by atoms with Crippen LogP contribution in [0, 0.1) is 23.3 Å². The lowest BCUT2D eigenvalue weighted by atomic mass is 10.3. The SMILES string of the molecule is O=P(O)(O)Oc1c(F)c(F)c(Cl)c(F)c1F. The molecule has 0 aromatic heterocycles. The molecular formula is C6H2ClF4O4P. The monoisotopic (exact) mass is 280 g/mol. The van der Waals surface area contributed by atoms with Gasteiger partial charge >= 0.3 is 7.82 Å². The van der Waals surface area contributed by atoms with Crippen LogP contribution in [0.1, 0.15) is 0 Å². The Bertz CT molecular complexity index is 459. The molecule has 10 heteroatoms.